The third kappa shape index (κ3) is 2.81. The first-order valence-corrected chi connectivity index (χ1v) is 6.74. The van der Waals surface area contributed by atoms with Crippen LogP contribution in [0.1, 0.15) is 25.0 Å². The van der Waals surface area contributed by atoms with Gasteiger partial charge in [-0.1, -0.05) is 22.0 Å². The van der Waals surface area contributed by atoms with E-state index in [9.17, 15) is 10.2 Å². The molecule has 1 heterocycles. The molecule has 2 rings (SSSR count). The molecule has 1 aromatic carbocycles. The molecular formula is C13H18BrNO2. The van der Waals surface area contributed by atoms with Gasteiger partial charge in [0.2, 0.25) is 0 Å². The largest absolute Gasteiger partial charge is 0.396 e. The fraction of sp³-hybridized carbons (Fsp3) is 0.538. The van der Waals surface area contributed by atoms with E-state index in [0.717, 1.165) is 35.2 Å². The number of aliphatic hydroxyl groups excluding tert-OH is 2. The Labute approximate surface area is 110 Å². The summed E-state index contributed by atoms with van der Waals surface area (Å²) in [5.41, 5.74) is 2.03. The summed E-state index contributed by atoms with van der Waals surface area (Å²) in [6.45, 7) is 3.84. The van der Waals surface area contributed by atoms with Crippen molar-refractivity contribution in [3.63, 3.8) is 0 Å². The first kappa shape index (κ1) is 12.9. The van der Waals surface area contributed by atoms with Crippen molar-refractivity contribution in [3.8, 4) is 0 Å². The number of halogens is 1. The molecule has 0 aliphatic carbocycles. The molecule has 2 atom stereocenters. The summed E-state index contributed by atoms with van der Waals surface area (Å²) in [5, 5.41) is 19.0. The van der Waals surface area contributed by atoms with E-state index >= 15 is 0 Å². The molecule has 2 N–H and O–H groups in total. The molecule has 4 heteroatoms. The second-order valence-corrected chi connectivity index (χ2v) is 5.58. The van der Waals surface area contributed by atoms with Crippen molar-refractivity contribution in [3.05, 3.63) is 28.2 Å². The van der Waals surface area contributed by atoms with Crippen LogP contribution < -0.4 is 4.90 Å². The van der Waals surface area contributed by atoms with Gasteiger partial charge in [0.05, 0.1) is 6.10 Å². The molecule has 0 spiro atoms. The molecule has 0 radical (unpaired) electrons. The van der Waals surface area contributed by atoms with E-state index in [-0.39, 0.29) is 6.61 Å². The normalized spacial score (nSPS) is 21.9. The molecule has 1 aromatic rings. The van der Waals surface area contributed by atoms with Crippen LogP contribution in [-0.2, 0) is 0 Å². The molecule has 1 aliphatic heterocycles. The summed E-state index contributed by atoms with van der Waals surface area (Å²) in [5.74, 6) is 0.357. The lowest BCUT2D eigenvalue weighted by molar-refractivity contribution is 0.199. The lowest BCUT2D eigenvalue weighted by Gasteiger charge is -2.23. The number of hydrogen-bond acceptors (Lipinski definition) is 3. The Morgan fingerprint density at radius 2 is 2.29 bits per heavy atom. The summed E-state index contributed by atoms with van der Waals surface area (Å²) in [4.78, 5) is 2.24. The molecular weight excluding hydrogens is 282 g/mol. The van der Waals surface area contributed by atoms with Crippen molar-refractivity contribution in [1.29, 1.82) is 0 Å². The first-order valence-electron chi connectivity index (χ1n) is 5.95. The predicted molar refractivity (Wildman–Crippen MR) is 72.2 cm³/mol. The Morgan fingerprint density at radius 3 is 2.88 bits per heavy atom. The smallest absolute Gasteiger partial charge is 0.0782 e. The van der Waals surface area contributed by atoms with Crippen molar-refractivity contribution in [2.75, 3.05) is 24.6 Å². The maximum Gasteiger partial charge on any atom is 0.0782 e. The number of rotatable bonds is 3. The second-order valence-electron chi connectivity index (χ2n) is 4.66. The SMILES string of the molecule is CC(O)c1ccc(Br)cc1N1CCC(CO)C1. The highest BCUT2D eigenvalue weighted by Gasteiger charge is 2.24. The third-order valence-electron chi connectivity index (χ3n) is 3.33. The van der Waals surface area contributed by atoms with Crippen LogP contribution in [0.15, 0.2) is 22.7 Å². The van der Waals surface area contributed by atoms with Crippen LogP contribution in [0.5, 0.6) is 0 Å². The zero-order valence-corrected chi connectivity index (χ0v) is 11.5. The van der Waals surface area contributed by atoms with Gasteiger partial charge in [0, 0.05) is 41.3 Å². The molecule has 0 saturated carbocycles. The van der Waals surface area contributed by atoms with Crippen LogP contribution in [0.2, 0.25) is 0 Å². The van der Waals surface area contributed by atoms with Gasteiger partial charge in [-0.15, -0.1) is 0 Å². The Morgan fingerprint density at radius 1 is 1.53 bits per heavy atom. The Balaban J connectivity index is 2.27. The molecule has 1 saturated heterocycles. The molecule has 1 fully saturated rings. The third-order valence-corrected chi connectivity index (χ3v) is 3.82. The van der Waals surface area contributed by atoms with Gasteiger partial charge < -0.3 is 15.1 Å². The van der Waals surface area contributed by atoms with Crippen molar-refractivity contribution in [2.24, 2.45) is 5.92 Å². The highest BCUT2D eigenvalue weighted by Crippen LogP contribution is 2.32. The minimum absolute atomic E-state index is 0.245. The van der Waals surface area contributed by atoms with Gasteiger partial charge >= 0.3 is 0 Å². The molecule has 2 unspecified atom stereocenters. The van der Waals surface area contributed by atoms with Crippen LogP contribution >= 0.6 is 15.9 Å². The standard InChI is InChI=1S/C13H18BrNO2/c1-9(17)12-3-2-11(14)6-13(12)15-5-4-10(7-15)8-16/h2-3,6,9-10,16-17H,4-5,7-8H2,1H3. The molecule has 94 valence electrons. The number of benzene rings is 1. The Bertz CT molecular complexity index is 395. The summed E-state index contributed by atoms with van der Waals surface area (Å²) >= 11 is 3.47. The average Bonchev–Trinajstić information content (AvgIpc) is 2.76. The molecule has 17 heavy (non-hydrogen) atoms. The van der Waals surface area contributed by atoms with Crippen LogP contribution in [0.25, 0.3) is 0 Å². The Kier molecular flexibility index (Phi) is 4.07. The van der Waals surface area contributed by atoms with Gasteiger partial charge in [-0.2, -0.15) is 0 Å². The monoisotopic (exact) mass is 299 g/mol. The van der Waals surface area contributed by atoms with Gasteiger partial charge in [-0.25, -0.2) is 0 Å². The fourth-order valence-electron chi connectivity index (χ4n) is 2.34. The van der Waals surface area contributed by atoms with Gasteiger partial charge in [0.15, 0.2) is 0 Å². The van der Waals surface area contributed by atoms with Gasteiger partial charge in [0.1, 0.15) is 0 Å². The van der Waals surface area contributed by atoms with Crippen LogP contribution in [0, 0.1) is 5.92 Å². The van der Waals surface area contributed by atoms with E-state index in [1.165, 1.54) is 0 Å². The molecule has 0 amide bonds. The van der Waals surface area contributed by atoms with Gasteiger partial charge in [0.25, 0.3) is 0 Å². The van der Waals surface area contributed by atoms with Crippen molar-refractivity contribution < 1.29 is 10.2 Å². The summed E-state index contributed by atoms with van der Waals surface area (Å²) in [6.07, 6.45) is 0.550. The molecule has 1 aliphatic rings. The summed E-state index contributed by atoms with van der Waals surface area (Å²) in [6, 6.07) is 5.95. The maximum absolute atomic E-state index is 9.79. The average molecular weight is 300 g/mol. The van der Waals surface area contributed by atoms with E-state index in [1.807, 2.05) is 18.2 Å². The van der Waals surface area contributed by atoms with Gasteiger partial charge in [-0.05, 0) is 25.5 Å². The Hall–Kier alpha value is -0.580. The highest BCUT2D eigenvalue weighted by molar-refractivity contribution is 9.10. The number of aliphatic hydroxyl groups is 2. The highest BCUT2D eigenvalue weighted by atomic mass is 79.9. The quantitative estimate of drug-likeness (QED) is 0.900. The maximum atomic E-state index is 9.79. The lowest BCUT2D eigenvalue weighted by Crippen LogP contribution is -2.22. The number of anilines is 1. The van der Waals surface area contributed by atoms with Crippen molar-refractivity contribution in [1.82, 2.24) is 0 Å². The van der Waals surface area contributed by atoms with Crippen LogP contribution in [0.3, 0.4) is 0 Å². The van der Waals surface area contributed by atoms with Crippen LogP contribution in [0.4, 0.5) is 5.69 Å². The summed E-state index contributed by atoms with van der Waals surface area (Å²) in [7, 11) is 0. The first-order chi connectivity index (χ1) is 8.11. The van der Waals surface area contributed by atoms with E-state index in [4.69, 9.17) is 0 Å². The molecule has 0 bridgehead atoms. The lowest BCUT2D eigenvalue weighted by atomic mass is 10.1. The topological polar surface area (TPSA) is 43.7 Å². The van der Waals surface area contributed by atoms with Gasteiger partial charge in [-0.3, -0.25) is 0 Å². The van der Waals surface area contributed by atoms with E-state index < -0.39 is 6.10 Å². The van der Waals surface area contributed by atoms with E-state index in [2.05, 4.69) is 20.8 Å². The number of hydrogen-bond donors (Lipinski definition) is 2. The van der Waals surface area contributed by atoms with E-state index in [1.54, 1.807) is 6.92 Å². The minimum Gasteiger partial charge on any atom is -0.396 e. The minimum atomic E-state index is -0.466. The number of nitrogens with zero attached hydrogens (tertiary/aromatic N) is 1. The summed E-state index contributed by atoms with van der Waals surface area (Å²) < 4.78 is 1.02. The zero-order valence-electron chi connectivity index (χ0n) is 9.93. The van der Waals surface area contributed by atoms with Crippen molar-refractivity contribution in [2.45, 2.75) is 19.4 Å². The van der Waals surface area contributed by atoms with Crippen molar-refractivity contribution >= 4 is 21.6 Å². The van der Waals surface area contributed by atoms with Crippen LogP contribution in [-0.4, -0.2) is 29.9 Å². The molecule has 3 nitrogen and oxygen atoms in total. The predicted octanol–water partition coefficient (Wildman–Crippen LogP) is 2.32. The fourth-order valence-corrected chi connectivity index (χ4v) is 2.69. The van der Waals surface area contributed by atoms with E-state index in [0.29, 0.717) is 5.92 Å². The zero-order chi connectivity index (χ0) is 12.4. The molecule has 0 aromatic heterocycles. The second kappa shape index (κ2) is 5.38.